The Morgan fingerprint density at radius 3 is 3.12 bits per heavy atom. The molecule has 3 aliphatic rings. The molecule has 17 heavy (non-hydrogen) atoms. The number of allylic oxidation sites excluding steroid dienone is 3. The molecule has 0 aromatic rings. The average molecular weight is 233 g/mol. The summed E-state index contributed by atoms with van der Waals surface area (Å²) in [7, 11) is 0. The highest BCUT2D eigenvalue weighted by atomic mass is 16.5. The summed E-state index contributed by atoms with van der Waals surface area (Å²) in [6.07, 6.45) is 10.6. The van der Waals surface area contributed by atoms with E-state index in [1.807, 2.05) is 6.08 Å². The second-order valence-corrected chi connectivity index (χ2v) is 5.12. The number of hydrogen-bond donors (Lipinski definition) is 0. The fourth-order valence-corrected chi connectivity index (χ4v) is 3.00. The van der Waals surface area contributed by atoms with Gasteiger partial charge in [0.05, 0.1) is 6.61 Å². The molecular formula is C14H19NO2. The van der Waals surface area contributed by atoms with E-state index in [1.54, 1.807) is 0 Å². The van der Waals surface area contributed by atoms with E-state index < -0.39 is 0 Å². The number of ether oxygens (including phenoxy) is 1. The van der Waals surface area contributed by atoms with Crippen LogP contribution in [0.1, 0.15) is 38.5 Å². The summed E-state index contributed by atoms with van der Waals surface area (Å²) < 4.78 is 5.54. The van der Waals surface area contributed by atoms with Crippen LogP contribution < -0.4 is 0 Å². The zero-order chi connectivity index (χ0) is 11.7. The SMILES string of the molecule is O=C1C=C(C2=CCCCC2)N2COCC[C@@H]2C1. The molecule has 0 amide bonds. The number of carbonyl (C=O) groups is 1. The minimum atomic E-state index is 0.287. The van der Waals surface area contributed by atoms with Gasteiger partial charge in [-0.15, -0.1) is 0 Å². The monoisotopic (exact) mass is 233 g/mol. The van der Waals surface area contributed by atoms with Crippen molar-refractivity contribution in [1.29, 1.82) is 0 Å². The van der Waals surface area contributed by atoms with Gasteiger partial charge in [0, 0.05) is 24.2 Å². The molecule has 0 aromatic heterocycles. The van der Waals surface area contributed by atoms with Crippen molar-refractivity contribution in [2.75, 3.05) is 13.3 Å². The minimum Gasteiger partial charge on any atom is -0.361 e. The highest BCUT2D eigenvalue weighted by molar-refractivity contribution is 5.92. The van der Waals surface area contributed by atoms with Crippen molar-refractivity contribution in [3.05, 3.63) is 23.4 Å². The Balaban J connectivity index is 1.89. The Bertz CT molecular complexity index is 384. The summed E-state index contributed by atoms with van der Waals surface area (Å²) in [5.74, 6) is 0.287. The van der Waals surface area contributed by atoms with Crippen molar-refractivity contribution in [2.45, 2.75) is 44.6 Å². The van der Waals surface area contributed by atoms with Crippen LogP contribution in [0.2, 0.25) is 0 Å². The van der Waals surface area contributed by atoms with Crippen LogP contribution in [0.4, 0.5) is 0 Å². The third kappa shape index (κ3) is 2.16. The van der Waals surface area contributed by atoms with Gasteiger partial charge in [-0.25, -0.2) is 0 Å². The molecule has 2 aliphatic heterocycles. The topological polar surface area (TPSA) is 29.5 Å². The van der Waals surface area contributed by atoms with Crippen LogP contribution in [0.5, 0.6) is 0 Å². The summed E-state index contributed by atoms with van der Waals surface area (Å²) in [5.41, 5.74) is 2.51. The Morgan fingerprint density at radius 1 is 1.35 bits per heavy atom. The van der Waals surface area contributed by atoms with Gasteiger partial charge in [-0.1, -0.05) is 6.08 Å². The van der Waals surface area contributed by atoms with Crippen LogP contribution in [0.15, 0.2) is 23.4 Å². The molecule has 0 spiro atoms. The zero-order valence-corrected chi connectivity index (χ0v) is 10.2. The maximum absolute atomic E-state index is 11.8. The molecule has 0 radical (unpaired) electrons. The first-order valence-corrected chi connectivity index (χ1v) is 6.63. The molecule has 3 rings (SSSR count). The number of fused-ring (bicyclic) bond motifs is 1. The fraction of sp³-hybridized carbons (Fsp3) is 0.643. The first-order chi connectivity index (χ1) is 8.34. The van der Waals surface area contributed by atoms with Gasteiger partial charge >= 0.3 is 0 Å². The smallest absolute Gasteiger partial charge is 0.159 e. The lowest BCUT2D eigenvalue weighted by molar-refractivity contribution is -0.119. The number of rotatable bonds is 1. The Kier molecular flexibility index (Phi) is 3.02. The van der Waals surface area contributed by atoms with E-state index in [-0.39, 0.29) is 5.78 Å². The molecule has 0 bridgehead atoms. The summed E-state index contributed by atoms with van der Waals surface area (Å²) >= 11 is 0. The summed E-state index contributed by atoms with van der Waals surface area (Å²) in [6.45, 7) is 1.45. The van der Waals surface area contributed by atoms with Crippen molar-refractivity contribution in [2.24, 2.45) is 0 Å². The molecule has 3 heteroatoms. The molecule has 2 heterocycles. The minimum absolute atomic E-state index is 0.287. The molecule has 92 valence electrons. The van der Waals surface area contributed by atoms with Gasteiger partial charge in [-0.3, -0.25) is 4.79 Å². The lowest BCUT2D eigenvalue weighted by Gasteiger charge is -2.41. The standard InChI is InChI=1S/C14H19NO2/c16-13-8-12-6-7-17-10-15(12)14(9-13)11-4-2-1-3-5-11/h4,9,12H,1-3,5-8,10H2/t12-/m1/s1. The van der Waals surface area contributed by atoms with E-state index >= 15 is 0 Å². The van der Waals surface area contributed by atoms with Gasteiger partial charge < -0.3 is 9.64 Å². The van der Waals surface area contributed by atoms with E-state index in [2.05, 4.69) is 11.0 Å². The van der Waals surface area contributed by atoms with Crippen LogP contribution in [0, 0.1) is 0 Å². The van der Waals surface area contributed by atoms with Gasteiger partial charge in [-0.2, -0.15) is 0 Å². The largest absolute Gasteiger partial charge is 0.361 e. The van der Waals surface area contributed by atoms with Crippen molar-refractivity contribution in [1.82, 2.24) is 4.90 Å². The van der Waals surface area contributed by atoms with E-state index in [4.69, 9.17) is 4.74 Å². The first kappa shape index (κ1) is 11.0. The summed E-state index contributed by atoms with van der Waals surface area (Å²) in [6, 6.07) is 0.374. The van der Waals surface area contributed by atoms with Gasteiger partial charge in [0.15, 0.2) is 5.78 Å². The molecule has 1 atom stereocenters. The molecule has 1 fully saturated rings. The molecule has 0 aromatic carbocycles. The lowest BCUT2D eigenvalue weighted by Crippen LogP contribution is -2.45. The normalized spacial score (nSPS) is 29.5. The molecule has 0 unspecified atom stereocenters. The van der Waals surface area contributed by atoms with E-state index in [0.29, 0.717) is 19.2 Å². The fourth-order valence-electron chi connectivity index (χ4n) is 3.00. The van der Waals surface area contributed by atoms with Gasteiger partial charge in [0.25, 0.3) is 0 Å². The van der Waals surface area contributed by atoms with Gasteiger partial charge in [0.1, 0.15) is 6.73 Å². The number of hydrogen-bond acceptors (Lipinski definition) is 3. The Morgan fingerprint density at radius 2 is 2.29 bits per heavy atom. The predicted octanol–water partition coefficient (Wildman–Crippen LogP) is 2.39. The van der Waals surface area contributed by atoms with E-state index in [0.717, 1.165) is 31.6 Å². The second-order valence-electron chi connectivity index (χ2n) is 5.12. The van der Waals surface area contributed by atoms with E-state index in [1.165, 1.54) is 18.4 Å². The number of nitrogens with zero attached hydrogens (tertiary/aromatic N) is 1. The van der Waals surface area contributed by atoms with Crippen LogP contribution in [0.25, 0.3) is 0 Å². The molecule has 0 saturated carbocycles. The highest BCUT2D eigenvalue weighted by Gasteiger charge is 2.32. The van der Waals surface area contributed by atoms with Gasteiger partial charge in [0.2, 0.25) is 0 Å². The molecule has 1 aliphatic carbocycles. The molecule has 3 nitrogen and oxygen atoms in total. The van der Waals surface area contributed by atoms with Crippen molar-refractivity contribution in [3.8, 4) is 0 Å². The number of carbonyl (C=O) groups excluding carboxylic acids is 1. The molecule has 0 N–H and O–H groups in total. The van der Waals surface area contributed by atoms with Crippen LogP contribution in [0.3, 0.4) is 0 Å². The summed E-state index contributed by atoms with van der Waals surface area (Å²) in [4.78, 5) is 14.1. The van der Waals surface area contributed by atoms with E-state index in [9.17, 15) is 4.79 Å². The quantitative estimate of drug-likeness (QED) is 0.696. The maximum atomic E-state index is 11.8. The van der Waals surface area contributed by atoms with Crippen molar-refractivity contribution >= 4 is 5.78 Å². The lowest BCUT2D eigenvalue weighted by atomic mass is 9.91. The van der Waals surface area contributed by atoms with Crippen LogP contribution in [-0.2, 0) is 9.53 Å². The highest BCUT2D eigenvalue weighted by Crippen LogP contribution is 2.33. The van der Waals surface area contributed by atoms with Crippen LogP contribution >= 0.6 is 0 Å². The zero-order valence-electron chi connectivity index (χ0n) is 10.2. The summed E-state index contributed by atoms with van der Waals surface area (Å²) in [5, 5.41) is 0. The van der Waals surface area contributed by atoms with Crippen LogP contribution in [-0.4, -0.2) is 30.1 Å². The van der Waals surface area contributed by atoms with Crippen molar-refractivity contribution in [3.63, 3.8) is 0 Å². The number of ketones is 1. The third-order valence-electron chi connectivity index (χ3n) is 3.93. The Labute approximate surface area is 102 Å². The van der Waals surface area contributed by atoms with Crippen molar-refractivity contribution < 1.29 is 9.53 Å². The second kappa shape index (κ2) is 4.65. The maximum Gasteiger partial charge on any atom is 0.159 e. The predicted molar refractivity (Wildman–Crippen MR) is 65.3 cm³/mol. The molecular weight excluding hydrogens is 214 g/mol. The third-order valence-corrected chi connectivity index (χ3v) is 3.93. The average Bonchev–Trinajstić information content (AvgIpc) is 2.39. The first-order valence-electron chi connectivity index (χ1n) is 6.63. The Hall–Kier alpha value is -1.09. The van der Waals surface area contributed by atoms with Gasteiger partial charge in [-0.05, 0) is 37.7 Å². The molecule has 1 saturated heterocycles.